The van der Waals surface area contributed by atoms with Crippen LogP contribution in [0.5, 0.6) is 0 Å². The number of hydrogen-bond acceptors (Lipinski definition) is 4. The zero-order valence-corrected chi connectivity index (χ0v) is 22.6. The second-order valence-corrected chi connectivity index (χ2v) is 10.3. The van der Waals surface area contributed by atoms with E-state index in [0.717, 1.165) is 25.6 Å². The molecule has 4 heteroatoms. The van der Waals surface area contributed by atoms with E-state index in [1.807, 2.05) is 4.90 Å². The quantitative estimate of drug-likeness (QED) is 0.106. The summed E-state index contributed by atoms with van der Waals surface area (Å²) in [6.07, 6.45) is 32.2. The third-order valence-corrected chi connectivity index (χ3v) is 7.12. The van der Waals surface area contributed by atoms with Crippen molar-refractivity contribution in [3.05, 3.63) is 12.3 Å². The van der Waals surface area contributed by atoms with E-state index in [0.29, 0.717) is 25.3 Å². The van der Waals surface area contributed by atoms with Gasteiger partial charge in [0.1, 0.15) is 0 Å². The predicted molar refractivity (Wildman–Crippen MR) is 148 cm³/mol. The number of amidine groups is 1. The first kappa shape index (κ1) is 30.7. The van der Waals surface area contributed by atoms with Crippen LogP contribution in [0.4, 0.5) is 0 Å². The molecule has 0 fully saturated rings. The van der Waals surface area contributed by atoms with Crippen molar-refractivity contribution in [3.8, 4) is 0 Å². The minimum absolute atomic E-state index is 0.168. The first-order valence-electron chi connectivity index (χ1n) is 14.9. The lowest BCUT2D eigenvalue weighted by atomic mass is 10.0. The number of nitrogens with zero attached hydrogens (tertiary/aromatic N) is 2. The van der Waals surface area contributed by atoms with Crippen molar-refractivity contribution < 1.29 is 9.90 Å². The Morgan fingerprint density at radius 3 is 1.56 bits per heavy atom. The summed E-state index contributed by atoms with van der Waals surface area (Å²) in [4.78, 5) is 18.7. The Morgan fingerprint density at radius 2 is 1.15 bits per heavy atom. The number of aliphatic hydroxyl groups excluding tert-OH is 1. The van der Waals surface area contributed by atoms with Crippen molar-refractivity contribution in [1.29, 1.82) is 0 Å². The molecule has 1 heterocycles. The highest BCUT2D eigenvalue weighted by atomic mass is 16.2. The molecule has 198 valence electrons. The molecule has 1 rings (SSSR count). The molecule has 34 heavy (non-hydrogen) atoms. The van der Waals surface area contributed by atoms with Crippen molar-refractivity contribution in [2.45, 2.75) is 148 Å². The lowest BCUT2D eigenvalue weighted by molar-refractivity contribution is -0.113. The van der Waals surface area contributed by atoms with Gasteiger partial charge in [0.15, 0.2) is 11.6 Å². The molecular weight excluding hydrogens is 420 g/mol. The van der Waals surface area contributed by atoms with Gasteiger partial charge in [0.05, 0.1) is 12.8 Å². The first-order valence-corrected chi connectivity index (χ1v) is 14.9. The number of Topliss-reactive ketones (excluding diaryl/α,β-unsaturated/α-hetero) is 1. The van der Waals surface area contributed by atoms with Crippen molar-refractivity contribution >= 4 is 11.6 Å². The van der Waals surface area contributed by atoms with Gasteiger partial charge < -0.3 is 10.0 Å². The molecule has 0 aromatic heterocycles. The van der Waals surface area contributed by atoms with E-state index in [4.69, 9.17) is 5.11 Å². The van der Waals surface area contributed by atoms with Crippen LogP contribution in [0.25, 0.3) is 0 Å². The third-order valence-electron chi connectivity index (χ3n) is 7.12. The van der Waals surface area contributed by atoms with E-state index in [9.17, 15) is 4.79 Å². The molecule has 0 amide bonds. The van der Waals surface area contributed by atoms with Crippen molar-refractivity contribution in [2.24, 2.45) is 4.99 Å². The zero-order chi connectivity index (χ0) is 24.5. The minimum atomic E-state index is 0.168. The molecule has 0 unspecified atom stereocenters. The Bertz CT molecular complexity index is 530. The molecule has 0 spiro atoms. The van der Waals surface area contributed by atoms with Crippen molar-refractivity contribution in [2.75, 3.05) is 19.6 Å². The highest BCUT2D eigenvalue weighted by molar-refractivity contribution is 6.39. The van der Waals surface area contributed by atoms with E-state index in [1.54, 1.807) is 6.08 Å². The molecule has 0 bridgehead atoms. The molecular formula is C30H56N2O2. The highest BCUT2D eigenvalue weighted by Crippen LogP contribution is 2.15. The molecule has 0 saturated carbocycles. The molecule has 0 aromatic carbocycles. The Balaban J connectivity index is 1.77. The average Bonchev–Trinajstić information content (AvgIpc) is 3.32. The van der Waals surface area contributed by atoms with Crippen molar-refractivity contribution in [3.63, 3.8) is 0 Å². The molecule has 1 aliphatic heterocycles. The van der Waals surface area contributed by atoms with E-state index in [-0.39, 0.29) is 5.78 Å². The van der Waals surface area contributed by atoms with Crippen LogP contribution in [-0.4, -0.2) is 41.3 Å². The SMILES string of the molecule is CCCCCCCCCCCCCCCCCCCCCCCC(=O)C1=NCCN1CC=CO. The van der Waals surface area contributed by atoms with Gasteiger partial charge in [0.2, 0.25) is 0 Å². The van der Waals surface area contributed by atoms with E-state index in [1.165, 1.54) is 122 Å². The summed E-state index contributed by atoms with van der Waals surface area (Å²) in [5.41, 5.74) is 0. The van der Waals surface area contributed by atoms with Crippen LogP contribution < -0.4 is 0 Å². The Hall–Kier alpha value is -1.32. The first-order chi connectivity index (χ1) is 16.8. The summed E-state index contributed by atoms with van der Waals surface area (Å²) in [7, 11) is 0. The smallest absolute Gasteiger partial charge is 0.197 e. The molecule has 1 N–H and O–H groups in total. The summed E-state index contributed by atoms with van der Waals surface area (Å²) in [6.45, 7) is 4.34. The monoisotopic (exact) mass is 476 g/mol. The summed E-state index contributed by atoms with van der Waals surface area (Å²) in [6, 6.07) is 0. The van der Waals surface area contributed by atoms with Gasteiger partial charge in [-0.25, -0.2) is 0 Å². The lowest BCUT2D eigenvalue weighted by Gasteiger charge is -2.16. The van der Waals surface area contributed by atoms with Gasteiger partial charge >= 0.3 is 0 Å². The largest absolute Gasteiger partial charge is 0.516 e. The zero-order valence-electron chi connectivity index (χ0n) is 22.6. The van der Waals surface area contributed by atoms with E-state index >= 15 is 0 Å². The van der Waals surface area contributed by atoms with Crippen molar-refractivity contribution in [1.82, 2.24) is 4.90 Å². The van der Waals surface area contributed by atoms with Gasteiger partial charge in [0.25, 0.3) is 0 Å². The van der Waals surface area contributed by atoms with Crippen LogP contribution >= 0.6 is 0 Å². The molecule has 0 radical (unpaired) electrons. The Morgan fingerprint density at radius 1 is 0.735 bits per heavy atom. The summed E-state index contributed by atoms with van der Waals surface area (Å²) in [5.74, 6) is 0.785. The second kappa shape index (κ2) is 23.4. The van der Waals surface area contributed by atoms with Crippen LogP contribution in [0.3, 0.4) is 0 Å². The van der Waals surface area contributed by atoms with Crippen LogP contribution in [0.1, 0.15) is 148 Å². The number of carbonyl (C=O) groups is 1. The number of aliphatic imine (C=N–C) groups is 1. The fraction of sp³-hybridized carbons (Fsp3) is 0.867. The molecule has 1 aliphatic rings. The molecule has 0 atom stereocenters. The second-order valence-electron chi connectivity index (χ2n) is 10.3. The summed E-state index contributed by atoms with van der Waals surface area (Å²) < 4.78 is 0. The average molecular weight is 477 g/mol. The molecule has 0 aliphatic carbocycles. The van der Waals surface area contributed by atoms with Crippen LogP contribution in [0, 0.1) is 0 Å². The summed E-state index contributed by atoms with van der Waals surface area (Å²) >= 11 is 0. The standard InChI is InChI=1S/C30H56N2O2/c1-2-3-4-5-6-7-8-9-10-11-12-13-14-15-16-17-18-19-20-21-22-24-29(34)30-31-25-27-32(30)26-23-28-33/h23,28,33H,2-22,24-27H2,1H3. The Kier molecular flexibility index (Phi) is 21.2. The summed E-state index contributed by atoms with van der Waals surface area (Å²) in [5, 5.41) is 8.81. The van der Waals surface area contributed by atoms with E-state index < -0.39 is 0 Å². The molecule has 0 saturated heterocycles. The van der Waals surface area contributed by atoms with Crippen LogP contribution in [-0.2, 0) is 4.79 Å². The molecule has 0 aromatic rings. The number of rotatable bonds is 25. The number of aliphatic hydroxyl groups is 1. The predicted octanol–water partition coefficient (Wildman–Crippen LogP) is 8.94. The Labute approximate surface area is 211 Å². The molecule has 4 nitrogen and oxygen atoms in total. The van der Waals surface area contributed by atoms with Gasteiger partial charge in [-0.1, -0.05) is 135 Å². The normalized spacial score (nSPS) is 13.8. The van der Waals surface area contributed by atoms with Crippen LogP contribution in [0.15, 0.2) is 17.3 Å². The number of ketones is 1. The minimum Gasteiger partial charge on any atom is -0.516 e. The van der Waals surface area contributed by atoms with Gasteiger partial charge in [-0.05, 0) is 12.5 Å². The number of carbonyl (C=O) groups excluding carboxylic acids is 1. The fourth-order valence-electron chi connectivity index (χ4n) is 4.93. The maximum Gasteiger partial charge on any atom is 0.197 e. The van der Waals surface area contributed by atoms with Gasteiger partial charge in [0, 0.05) is 19.5 Å². The number of unbranched alkanes of at least 4 members (excludes halogenated alkanes) is 20. The van der Waals surface area contributed by atoms with Gasteiger partial charge in [-0.3, -0.25) is 9.79 Å². The fourth-order valence-corrected chi connectivity index (χ4v) is 4.93. The van der Waals surface area contributed by atoms with Crippen LogP contribution in [0.2, 0.25) is 0 Å². The topological polar surface area (TPSA) is 52.9 Å². The number of hydrogen-bond donors (Lipinski definition) is 1. The third kappa shape index (κ3) is 17.2. The maximum atomic E-state index is 12.4. The highest BCUT2D eigenvalue weighted by Gasteiger charge is 2.21. The maximum absolute atomic E-state index is 12.4. The van der Waals surface area contributed by atoms with Gasteiger partial charge in [-0.2, -0.15) is 0 Å². The van der Waals surface area contributed by atoms with Gasteiger partial charge in [-0.15, -0.1) is 0 Å². The van der Waals surface area contributed by atoms with E-state index in [2.05, 4.69) is 11.9 Å². The lowest BCUT2D eigenvalue weighted by Crippen LogP contribution is -2.33.